The molecule has 0 bridgehead atoms. The lowest BCUT2D eigenvalue weighted by Crippen LogP contribution is -2.36. The second kappa shape index (κ2) is 5.52. The topological polar surface area (TPSA) is 32.5 Å². The molecule has 0 aromatic heterocycles. The molecule has 1 aromatic rings. The number of nitrogens with two attached hydrogens (primary N) is 1. The Bertz CT molecular complexity index is 364. The maximum absolute atomic E-state index is 5.68. The molecule has 1 fully saturated rings. The van der Waals surface area contributed by atoms with Gasteiger partial charge in [-0.1, -0.05) is 12.1 Å². The van der Waals surface area contributed by atoms with Crippen LogP contribution >= 0.6 is 0 Å². The lowest BCUT2D eigenvalue weighted by Gasteiger charge is -2.27. The van der Waals surface area contributed by atoms with Gasteiger partial charge in [-0.3, -0.25) is 0 Å². The van der Waals surface area contributed by atoms with Crippen LogP contribution in [-0.2, 0) is 6.54 Å². The highest BCUT2D eigenvalue weighted by molar-refractivity contribution is 5.48. The molecule has 0 saturated carbocycles. The van der Waals surface area contributed by atoms with Gasteiger partial charge in [0.05, 0.1) is 0 Å². The second-order valence-corrected chi connectivity index (χ2v) is 5.03. The van der Waals surface area contributed by atoms with Crippen LogP contribution in [0.5, 0.6) is 0 Å². The van der Waals surface area contributed by atoms with Gasteiger partial charge in [-0.25, -0.2) is 0 Å². The lowest BCUT2D eigenvalue weighted by molar-refractivity contribution is 0.314. The van der Waals surface area contributed by atoms with Crippen LogP contribution in [0.25, 0.3) is 0 Å². The van der Waals surface area contributed by atoms with Gasteiger partial charge in [0.2, 0.25) is 0 Å². The number of rotatable bonds is 4. The van der Waals surface area contributed by atoms with Gasteiger partial charge in [-0.05, 0) is 44.1 Å². The number of nitrogens with zero attached hydrogens (tertiary/aromatic N) is 2. The van der Waals surface area contributed by atoms with Crippen LogP contribution in [0, 0.1) is 0 Å². The normalized spacial score (nSPS) is 20.8. The van der Waals surface area contributed by atoms with Crippen molar-refractivity contribution in [1.29, 1.82) is 0 Å². The first-order valence-electron chi connectivity index (χ1n) is 6.41. The molecule has 1 aromatic carbocycles. The van der Waals surface area contributed by atoms with Crippen LogP contribution in [0.15, 0.2) is 24.3 Å². The molecule has 0 spiro atoms. The molecule has 94 valence electrons. The second-order valence-electron chi connectivity index (χ2n) is 5.03. The zero-order chi connectivity index (χ0) is 12.3. The van der Waals surface area contributed by atoms with E-state index in [2.05, 4.69) is 48.2 Å². The minimum absolute atomic E-state index is 0.616. The van der Waals surface area contributed by atoms with Gasteiger partial charge in [0.15, 0.2) is 0 Å². The van der Waals surface area contributed by atoms with Crippen molar-refractivity contribution in [2.45, 2.75) is 25.4 Å². The maximum atomic E-state index is 5.68. The van der Waals surface area contributed by atoms with Gasteiger partial charge >= 0.3 is 0 Å². The molecular formula is C14H23N3. The van der Waals surface area contributed by atoms with Crippen LogP contribution in [0.3, 0.4) is 0 Å². The standard InChI is InChI=1S/C14H23N3/c1-16-8-4-7-14(16)11-17(2)13-6-3-5-12(9-13)10-15/h3,5-6,9,14H,4,7-8,10-11,15H2,1-2H3. The molecule has 2 rings (SSSR count). The van der Waals surface area contributed by atoms with E-state index in [-0.39, 0.29) is 0 Å². The molecule has 1 aliphatic rings. The summed E-state index contributed by atoms with van der Waals surface area (Å²) in [5, 5.41) is 0. The minimum atomic E-state index is 0.616. The molecule has 1 unspecified atom stereocenters. The SMILES string of the molecule is CN(CC1CCCN1C)c1cccc(CN)c1. The first-order chi connectivity index (χ1) is 8.20. The quantitative estimate of drug-likeness (QED) is 0.858. The summed E-state index contributed by atoms with van der Waals surface area (Å²) >= 11 is 0. The average Bonchev–Trinajstić information content (AvgIpc) is 2.75. The lowest BCUT2D eigenvalue weighted by atomic mass is 10.1. The van der Waals surface area contributed by atoms with Crippen molar-refractivity contribution >= 4 is 5.69 Å². The predicted octanol–water partition coefficient (Wildman–Crippen LogP) is 1.68. The summed E-state index contributed by atoms with van der Waals surface area (Å²) in [5.41, 5.74) is 8.15. The monoisotopic (exact) mass is 233 g/mol. The third kappa shape index (κ3) is 2.99. The van der Waals surface area contributed by atoms with E-state index in [1.807, 2.05) is 0 Å². The maximum Gasteiger partial charge on any atom is 0.0367 e. The first-order valence-corrected chi connectivity index (χ1v) is 6.41. The Balaban J connectivity index is 2.00. The van der Waals surface area contributed by atoms with Gasteiger partial charge in [-0.15, -0.1) is 0 Å². The third-order valence-corrected chi connectivity index (χ3v) is 3.74. The van der Waals surface area contributed by atoms with E-state index < -0.39 is 0 Å². The molecule has 0 aliphatic carbocycles. The fraction of sp³-hybridized carbons (Fsp3) is 0.571. The van der Waals surface area contributed by atoms with Crippen molar-refractivity contribution in [3.63, 3.8) is 0 Å². The molecule has 17 heavy (non-hydrogen) atoms. The number of likely N-dealkylation sites (tertiary alicyclic amines) is 1. The summed E-state index contributed by atoms with van der Waals surface area (Å²) in [4.78, 5) is 4.80. The Morgan fingerprint density at radius 2 is 2.29 bits per heavy atom. The number of benzene rings is 1. The van der Waals surface area contributed by atoms with Gasteiger partial charge in [0.1, 0.15) is 0 Å². The van der Waals surface area contributed by atoms with Crippen LogP contribution in [0.4, 0.5) is 5.69 Å². The van der Waals surface area contributed by atoms with E-state index in [1.54, 1.807) is 0 Å². The molecule has 0 amide bonds. The molecule has 1 aliphatic heterocycles. The molecule has 1 atom stereocenters. The van der Waals surface area contributed by atoms with Crippen molar-refractivity contribution in [2.75, 3.05) is 32.1 Å². The average molecular weight is 233 g/mol. The highest BCUT2D eigenvalue weighted by Crippen LogP contribution is 2.20. The van der Waals surface area contributed by atoms with Gasteiger partial charge in [0, 0.05) is 31.9 Å². The van der Waals surface area contributed by atoms with Gasteiger partial charge < -0.3 is 15.5 Å². The highest BCUT2D eigenvalue weighted by atomic mass is 15.2. The van der Waals surface area contributed by atoms with Gasteiger partial charge in [0.25, 0.3) is 0 Å². The van der Waals surface area contributed by atoms with Gasteiger partial charge in [-0.2, -0.15) is 0 Å². The number of hydrogen-bond donors (Lipinski definition) is 1. The van der Waals surface area contributed by atoms with Crippen LogP contribution in [0.2, 0.25) is 0 Å². The third-order valence-electron chi connectivity index (χ3n) is 3.74. The van der Waals surface area contributed by atoms with Crippen molar-refractivity contribution in [2.24, 2.45) is 5.73 Å². The Morgan fingerprint density at radius 3 is 2.94 bits per heavy atom. The summed E-state index contributed by atoms with van der Waals surface area (Å²) in [7, 11) is 4.39. The molecule has 2 N–H and O–H groups in total. The molecule has 3 nitrogen and oxygen atoms in total. The number of hydrogen-bond acceptors (Lipinski definition) is 3. The van der Waals surface area contributed by atoms with Crippen LogP contribution in [-0.4, -0.2) is 38.1 Å². The minimum Gasteiger partial charge on any atom is -0.373 e. The number of anilines is 1. The van der Waals surface area contributed by atoms with Crippen LogP contribution < -0.4 is 10.6 Å². The van der Waals surface area contributed by atoms with E-state index in [0.29, 0.717) is 12.6 Å². The fourth-order valence-corrected chi connectivity index (χ4v) is 2.55. The summed E-state index contributed by atoms with van der Waals surface area (Å²) in [6.07, 6.45) is 2.65. The molecule has 1 heterocycles. The van der Waals surface area contributed by atoms with E-state index in [0.717, 1.165) is 6.54 Å². The molecule has 1 saturated heterocycles. The Hall–Kier alpha value is -1.06. The Kier molecular flexibility index (Phi) is 4.02. The van der Waals surface area contributed by atoms with E-state index >= 15 is 0 Å². The smallest absolute Gasteiger partial charge is 0.0367 e. The summed E-state index contributed by atoms with van der Waals surface area (Å²) in [6.45, 7) is 2.96. The zero-order valence-corrected chi connectivity index (χ0v) is 10.9. The molecule has 3 heteroatoms. The largest absolute Gasteiger partial charge is 0.373 e. The van der Waals surface area contributed by atoms with Crippen LogP contribution in [0.1, 0.15) is 18.4 Å². The summed E-state index contributed by atoms with van der Waals surface area (Å²) < 4.78 is 0. The van der Waals surface area contributed by atoms with E-state index in [4.69, 9.17) is 5.73 Å². The van der Waals surface area contributed by atoms with Crippen molar-refractivity contribution in [1.82, 2.24) is 4.90 Å². The van der Waals surface area contributed by atoms with E-state index in [1.165, 1.54) is 30.6 Å². The fourth-order valence-electron chi connectivity index (χ4n) is 2.55. The Labute approximate surface area is 104 Å². The first kappa shape index (κ1) is 12.4. The highest BCUT2D eigenvalue weighted by Gasteiger charge is 2.22. The van der Waals surface area contributed by atoms with Crippen molar-refractivity contribution in [3.05, 3.63) is 29.8 Å². The molecule has 0 radical (unpaired) electrons. The summed E-state index contributed by atoms with van der Waals surface area (Å²) in [6, 6.07) is 9.22. The van der Waals surface area contributed by atoms with Crippen molar-refractivity contribution in [3.8, 4) is 0 Å². The Morgan fingerprint density at radius 1 is 1.47 bits per heavy atom. The number of likely N-dealkylation sites (N-methyl/N-ethyl adjacent to an activating group) is 2. The van der Waals surface area contributed by atoms with E-state index in [9.17, 15) is 0 Å². The van der Waals surface area contributed by atoms with Crippen molar-refractivity contribution < 1.29 is 0 Å². The predicted molar refractivity (Wildman–Crippen MR) is 73.3 cm³/mol. The molecular weight excluding hydrogens is 210 g/mol. The summed E-state index contributed by atoms with van der Waals surface area (Å²) in [5.74, 6) is 0. The zero-order valence-electron chi connectivity index (χ0n) is 10.9.